The monoisotopic (exact) mass is 284 g/mol. The van der Waals surface area contributed by atoms with Crippen molar-refractivity contribution in [3.05, 3.63) is 47.4 Å². The number of carbonyl (C=O) groups excluding carboxylic acids is 1. The SMILES string of the molecule is CCOC(=O)c1ccc(Oc2ncnc3c2CCC3)cc1. The molecule has 0 amide bonds. The van der Waals surface area contributed by atoms with E-state index < -0.39 is 0 Å². The van der Waals surface area contributed by atoms with Crippen molar-refractivity contribution < 1.29 is 14.3 Å². The summed E-state index contributed by atoms with van der Waals surface area (Å²) in [6.07, 6.45) is 4.56. The number of fused-ring (bicyclic) bond motifs is 1. The van der Waals surface area contributed by atoms with Gasteiger partial charge < -0.3 is 9.47 Å². The van der Waals surface area contributed by atoms with Gasteiger partial charge in [-0.3, -0.25) is 0 Å². The second kappa shape index (κ2) is 5.91. The zero-order valence-corrected chi connectivity index (χ0v) is 11.8. The van der Waals surface area contributed by atoms with Gasteiger partial charge in [0.25, 0.3) is 0 Å². The van der Waals surface area contributed by atoms with Crippen LogP contribution in [0.3, 0.4) is 0 Å². The number of carbonyl (C=O) groups is 1. The number of esters is 1. The Morgan fingerprint density at radius 1 is 1.19 bits per heavy atom. The lowest BCUT2D eigenvalue weighted by molar-refractivity contribution is 0.0526. The maximum absolute atomic E-state index is 11.6. The lowest BCUT2D eigenvalue weighted by Gasteiger charge is -2.09. The van der Waals surface area contributed by atoms with E-state index in [1.54, 1.807) is 31.2 Å². The van der Waals surface area contributed by atoms with Gasteiger partial charge in [-0.15, -0.1) is 0 Å². The molecule has 0 N–H and O–H groups in total. The lowest BCUT2D eigenvalue weighted by Crippen LogP contribution is -2.04. The molecule has 1 heterocycles. The van der Waals surface area contributed by atoms with E-state index in [1.165, 1.54) is 6.33 Å². The predicted molar refractivity (Wildman–Crippen MR) is 76.5 cm³/mol. The first kappa shape index (κ1) is 13.5. The van der Waals surface area contributed by atoms with Gasteiger partial charge in [-0.05, 0) is 50.5 Å². The van der Waals surface area contributed by atoms with E-state index in [0.29, 0.717) is 23.8 Å². The van der Waals surface area contributed by atoms with Crippen LogP contribution in [0.2, 0.25) is 0 Å². The highest BCUT2D eigenvalue weighted by Gasteiger charge is 2.18. The molecule has 0 saturated carbocycles. The van der Waals surface area contributed by atoms with E-state index in [4.69, 9.17) is 9.47 Å². The van der Waals surface area contributed by atoms with Crippen molar-refractivity contribution in [3.63, 3.8) is 0 Å². The number of hydrogen-bond acceptors (Lipinski definition) is 5. The van der Waals surface area contributed by atoms with E-state index in [0.717, 1.165) is 30.5 Å². The van der Waals surface area contributed by atoms with Crippen LogP contribution in [0.5, 0.6) is 11.6 Å². The fourth-order valence-corrected chi connectivity index (χ4v) is 2.40. The predicted octanol–water partition coefficient (Wildman–Crippen LogP) is 2.93. The van der Waals surface area contributed by atoms with Crippen molar-refractivity contribution in [2.45, 2.75) is 26.2 Å². The molecule has 0 spiro atoms. The normalized spacial score (nSPS) is 12.8. The Hall–Kier alpha value is -2.43. The number of nitrogens with zero attached hydrogens (tertiary/aromatic N) is 2. The van der Waals surface area contributed by atoms with Crippen molar-refractivity contribution in [1.29, 1.82) is 0 Å². The minimum absolute atomic E-state index is 0.327. The van der Waals surface area contributed by atoms with Crippen molar-refractivity contribution in [1.82, 2.24) is 9.97 Å². The minimum atomic E-state index is -0.327. The van der Waals surface area contributed by atoms with Crippen LogP contribution in [-0.2, 0) is 17.6 Å². The number of aromatic nitrogens is 2. The van der Waals surface area contributed by atoms with Crippen LogP contribution in [0.4, 0.5) is 0 Å². The van der Waals surface area contributed by atoms with E-state index in [9.17, 15) is 4.79 Å². The zero-order chi connectivity index (χ0) is 14.7. The Kier molecular flexibility index (Phi) is 3.81. The van der Waals surface area contributed by atoms with Crippen LogP contribution < -0.4 is 4.74 Å². The molecule has 1 aromatic heterocycles. The van der Waals surface area contributed by atoms with E-state index in [1.807, 2.05) is 0 Å². The highest BCUT2D eigenvalue weighted by Crippen LogP contribution is 2.30. The number of ether oxygens (including phenoxy) is 2. The first-order chi connectivity index (χ1) is 10.3. The lowest BCUT2D eigenvalue weighted by atomic mass is 10.2. The molecule has 1 aliphatic carbocycles. The second-order valence-corrected chi connectivity index (χ2v) is 4.80. The molecular weight excluding hydrogens is 268 g/mol. The fraction of sp³-hybridized carbons (Fsp3) is 0.312. The largest absolute Gasteiger partial charge is 0.462 e. The summed E-state index contributed by atoms with van der Waals surface area (Å²) in [5, 5.41) is 0. The summed E-state index contributed by atoms with van der Waals surface area (Å²) in [6, 6.07) is 6.87. The first-order valence-electron chi connectivity index (χ1n) is 7.05. The van der Waals surface area contributed by atoms with Gasteiger partial charge in [0, 0.05) is 5.56 Å². The third-order valence-corrected chi connectivity index (χ3v) is 3.42. The third-order valence-electron chi connectivity index (χ3n) is 3.42. The third kappa shape index (κ3) is 2.86. The first-order valence-corrected chi connectivity index (χ1v) is 7.05. The van der Waals surface area contributed by atoms with Gasteiger partial charge in [0.05, 0.1) is 17.9 Å². The molecule has 0 saturated heterocycles. The van der Waals surface area contributed by atoms with Gasteiger partial charge >= 0.3 is 5.97 Å². The van der Waals surface area contributed by atoms with Crippen molar-refractivity contribution in [2.75, 3.05) is 6.61 Å². The van der Waals surface area contributed by atoms with Gasteiger partial charge in [-0.2, -0.15) is 0 Å². The maximum atomic E-state index is 11.6. The average Bonchev–Trinajstić information content (AvgIpc) is 2.98. The van der Waals surface area contributed by atoms with E-state index >= 15 is 0 Å². The maximum Gasteiger partial charge on any atom is 0.338 e. The van der Waals surface area contributed by atoms with Crippen LogP contribution in [0.15, 0.2) is 30.6 Å². The number of hydrogen-bond donors (Lipinski definition) is 0. The van der Waals surface area contributed by atoms with Crippen molar-refractivity contribution in [2.24, 2.45) is 0 Å². The summed E-state index contributed by atoms with van der Waals surface area (Å²) in [5.41, 5.74) is 2.67. The molecule has 3 rings (SSSR count). The average molecular weight is 284 g/mol. The molecule has 0 bridgehead atoms. The summed E-state index contributed by atoms with van der Waals surface area (Å²) in [6.45, 7) is 2.15. The van der Waals surface area contributed by atoms with Crippen molar-refractivity contribution in [3.8, 4) is 11.6 Å². The number of rotatable bonds is 4. The molecule has 2 aromatic rings. The Balaban J connectivity index is 1.77. The van der Waals surface area contributed by atoms with Gasteiger partial charge in [0.1, 0.15) is 12.1 Å². The Morgan fingerprint density at radius 3 is 2.76 bits per heavy atom. The molecule has 1 aromatic carbocycles. The van der Waals surface area contributed by atoms with Crippen LogP contribution >= 0.6 is 0 Å². The van der Waals surface area contributed by atoms with Crippen LogP contribution in [-0.4, -0.2) is 22.5 Å². The van der Waals surface area contributed by atoms with Gasteiger partial charge in [0.2, 0.25) is 5.88 Å². The summed E-state index contributed by atoms with van der Waals surface area (Å²) < 4.78 is 10.8. The van der Waals surface area contributed by atoms with Crippen LogP contribution in [0.25, 0.3) is 0 Å². The molecule has 0 fully saturated rings. The molecule has 108 valence electrons. The molecule has 5 nitrogen and oxygen atoms in total. The Bertz CT molecular complexity index is 653. The smallest absolute Gasteiger partial charge is 0.338 e. The quantitative estimate of drug-likeness (QED) is 0.808. The molecule has 1 aliphatic rings. The van der Waals surface area contributed by atoms with Crippen LogP contribution in [0.1, 0.15) is 35.0 Å². The molecule has 0 atom stereocenters. The molecule has 21 heavy (non-hydrogen) atoms. The molecule has 0 unspecified atom stereocenters. The van der Waals surface area contributed by atoms with E-state index in [-0.39, 0.29) is 5.97 Å². The fourth-order valence-electron chi connectivity index (χ4n) is 2.40. The highest BCUT2D eigenvalue weighted by atomic mass is 16.5. The molecule has 0 radical (unpaired) electrons. The van der Waals surface area contributed by atoms with Gasteiger partial charge in [0.15, 0.2) is 0 Å². The second-order valence-electron chi connectivity index (χ2n) is 4.80. The Labute approximate surface area is 123 Å². The summed E-state index contributed by atoms with van der Waals surface area (Å²) in [5.74, 6) is 0.934. The highest BCUT2D eigenvalue weighted by molar-refractivity contribution is 5.89. The summed E-state index contributed by atoms with van der Waals surface area (Å²) in [7, 11) is 0. The van der Waals surface area contributed by atoms with Crippen molar-refractivity contribution >= 4 is 5.97 Å². The van der Waals surface area contributed by atoms with Gasteiger partial charge in [-0.1, -0.05) is 0 Å². The standard InChI is InChI=1S/C16H16N2O3/c1-2-20-16(19)11-6-8-12(9-7-11)21-15-13-4-3-5-14(13)17-10-18-15/h6-10H,2-5H2,1H3. The molecule has 5 heteroatoms. The van der Waals surface area contributed by atoms with Crippen LogP contribution in [0, 0.1) is 0 Å². The Morgan fingerprint density at radius 2 is 2.00 bits per heavy atom. The summed E-state index contributed by atoms with van der Waals surface area (Å²) >= 11 is 0. The number of aryl methyl sites for hydroxylation is 1. The molecule has 0 aliphatic heterocycles. The van der Waals surface area contributed by atoms with E-state index in [2.05, 4.69) is 9.97 Å². The zero-order valence-electron chi connectivity index (χ0n) is 11.8. The molecular formula is C16H16N2O3. The minimum Gasteiger partial charge on any atom is -0.462 e. The summed E-state index contributed by atoms with van der Waals surface area (Å²) in [4.78, 5) is 20.1. The van der Waals surface area contributed by atoms with Gasteiger partial charge in [-0.25, -0.2) is 14.8 Å². The number of benzene rings is 1. The topological polar surface area (TPSA) is 61.3 Å².